The average Bonchev–Trinajstić information content (AvgIpc) is 3.05. The summed E-state index contributed by atoms with van der Waals surface area (Å²) in [5.41, 5.74) is 4.32. The Morgan fingerprint density at radius 3 is 2.50 bits per heavy atom. The molecule has 3 aromatic rings. The SMILES string of the molecule is COc1ccc(C2CC(=O)c3c(C)nn(-c4ccc(Cl)cc4)c3C2)c(OC)c1. The van der Waals surface area contributed by atoms with Gasteiger partial charge in [0.15, 0.2) is 5.78 Å². The van der Waals surface area contributed by atoms with Gasteiger partial charge in [-0.15, -0.1) is 0 Å². The second-order valence-electron chi connectivity index (χ2n) is 6.93. The Kier molecular flexibility index (Phi) is 4.85. The Morgan fingerprint density at radius 1 is 1.07 bits per heavy atom. The summed E-state index contributed by atoms with van der Waals surface area (Å²) >= 11 is 6.02. The smallest absolute Gasteiger partial charge is 0.167 e. The summed E-state index contributed by atoms with van der Waals surface area (Å²) in [5, 5.41) is 5.31. The molecular formula is C22H21ClN2O3. The summed E-state index contributed by atoms with van der Waals surface area (Å²) in [5.74, 6) is 1.59. The van der Waals surface area contributed by atoms with Crippen molar-refractivity contribution in [1.29, 1.82) is 0 Å². The van der Waals surface area contributed by atoms with Gasteiger partial charge in [0.25, 0.3) is 0 Å². The fraction of sp³-hybridized carbons (Fsp3) is 0.273. The van der Waals surface area contributed by atoms with Crippen LogP contribution in [0.25, 0.3) is 5.69 Å². The lowest BCUT2D eigenvalue weighted by Gasteiger charge is -2.25. The molecule has 1 aliphatic rings. The zero-order valence-electron chi connectivity index (χ0n) is 16.0. The highest BCUT2D eigenvalue weighted by atomic mass is 35.5. The van der Waals surface area contributed by atoms with Crippen molar-refractivity contribution in [3.05, 3.63) is 70.0 Å². The van der Waals surface area contributed by atoms with Crippen LogP contribution in [0.2, 0.25) is 5.02 Å². The number of ketones is 1. The minimum Gasteiger partial charge on any atom is -0.497 e. The molecule has 0 N–H and O–H groups in total. The molecular weight excluding hydrogens is 376 g/mol. The van der Waals surface area contributed by atoms with Crippen LogP contribution in [-0.4, -0.2) is 29.8 Å². The average molecular weight is 397 g/mol. The number of aryl methyl sites for hydroxylation is 1. The Balaban J connectivity index is 1.78. The maximum atomic E-state index is 13.0. The van der Waals surface area contributed by atoms with Crippen molar-refractivity contribution in [2.75, 3.05) is 14.2 Å². The number of benzene rings is 2. The molecule has 2 aromatic carbocycles. The van der Waals surface area contributed by atoms with Crippen molar-refractivity contribution >= 4 is 17.4 Å². The number of nitrogens with zero attached hydrogens (tertiary/aromatic N) is 2. The lowest BCUT2D eigenvalue weighted by Crippen LogP contribution is -2.21. The maximum Gasteiger partial charge on any atom is 0.167 e. The fourth-order valence-corrected chi connectivity index (χ4v) is 4.06. The highest BCUT2D eigenvalue weighted by molar-refractivity contribution is 6.30. The fourth-order valence-electron chi connectivity index (χ4n) is 3.93. The van der Waals surface area contributed by atoms with Crippen molar-refractivity contribution in [2.45, 2.75) is 25.7 Å². The van der Waals surface area contributed by atoms with Crippen molar-refractivity contribution in [3.8, 4) is 17.2 Å². The molecule has 0 amide bonds. The maximum absolute atomic E-state index is 13.0. The number of carbonyl (C=O) groups is 1. The first-order chi connectivity index (χ1) is 13.5. The molecule has 144 valence electrons. The van der Waals surface area contributed by atoms with Gasteiger partial charge < -0.3 is 9.47 Å². The molecule has 1 aliphatic carbocycles. The quantitative estimate of drug-likeness (QED) is 0.637. The number of aromatic nitrogens is 2. The Bertz CT molecular complexity index is 1040. The van der Waals surface area contributed by atoms with Gasteiger partial charge in [-0.25, -0.2) is 4.68 Å². The zero-order chi connectivity index (χ0) is 19.8. The number of halogens is 1. The van der Waals surface area contributed by atoms with Crippen LogP contribution in [-0.2, 0) is 6.42 Å². The van der Waals surface area contributed by atoms with Crippen molar-refractivity contribution < 1.29 is 14.3 Å². The first-order valence-electron chi connectivity index (χ1n) is 9.11. The number of hydrogen-bond acceptors (Lipinski definition) is 4. The van der Waals surface area contributed by atoms with Gasteiger partial charge >= 0.3 is 0 Å². The summed E-state index contributed by atoms with van der Waals surface area (Å²) in [4.78, 5) is 13.0. The van der Waals surface area contributed by atoms with E-state index in [1.807, 2.05) is 54.1 Å². The largest absolute Gasteiger partial charge is 0.497 e. The molecule has 0 radical (unpaired) electrons. The molecule has 0 saturated carbocycles. The molecule has 1 aromatic heterocycles. The van der Waals surface area contributed by atoms with Crippen LogP contribution in [0.1, 0.15) is 39.6 Å². The molecule has 0 aliphatic heterocycles. The van der Waals surface area contributed by atoms with Crippen molar-refractivity contribution in [2.24, 2.45) is 0 Å². The minimum atomic E-state index is 0.0167. The highest BCUT2D eigenvalue weighted by Gasteiger charge is 2.33. The number of fused-ring (bicyclic) bond motifs is 1. The third kappa shape index (κ3) is 3.16. The van der Waals surface area contributed by atoms with Crippen LogP contribution in [0, 0.1) is 6.92 Å². The van der Waals surface area contributed by atoms with E-state index in [-0.39, 0.29) is 11.7 Å². The van der Waals surface area contributed by atoms with E-state index in [9.17, 15) is 4.79 Å². The summed E-state index contributed by atoms with van der Waals surface area (Å²) in [6, 6.07) is 13.2. The van der Waals surface area contributed by atoms with Crippen molar-refractivity contribution in [3.63, 3.8) is 0 Å². The number of rotatable bonds is 4. The molecule has 1 atom stereocenters. The topological polar surface area (TPSA) is 53.3 Å². The van der Waals surface area contributed by atoms with E-state index in [0.717, 1.165) is 39.7 Å². The third-order valence-corrected chi connectivity index (χ3v) is 5.51. The van der Waals surface area contributed by atoms with Gasteiger partial charge in [-0.1, -0.05) is 17.7 Å². The second-order valence-corrected chi connectivity index (χ2v) is 7.37. The lowest BCUT2D eigenvalue weighted by molar-refractivity contribution is 0.0963. The van der Waals surface area contributed by atoms with E-state index in [1.165, 1.54) is 0 Å². The molecule has 6 heteroatoms. The predicted octanol–water partition coefficient (Wildman–Crippen LogP) is 4.76. The van der Waals surface area contributed by atoms with E-state index in [1.54, 1.807) is 14.2 Å². The van der Waals surface area contributed by atoms with Gasteiger partial charge in [0, 0.05) is 23.4 Å². The number of Topliss-reactive ketones (excluding diaryl/α,β-unsaturated/α-hetero) is 1. The second kappa shape index (κ2) is 7.32. The van der Waals surface area contributed by atoms with Crippen LogP contribution < -0.4 is 9.47 Å². The summed E-state index contributed by atoms with van der Waals surface area (Å²) in [6.45, 7) is 1.89. The number of methoxy groups -OCH3 is 2. The first kappa shape index (κ1) is 18.6. The number of hydrogen-bond donors (Lipinski definition) is 0. The third-order valence-electron chi connectivity index (χ3n) is 5.26. The Morgan fingerprint density at radius 2 is 1.82 bits per heavy atom. The monoisotopic (exact) mass is 396 g/mol. The van der Waals surface area contributed by atoms with E-state index < -0.39 is 0 Å². The van der Waals surface area contributed by atoms with Crippen LogP contribution >= 0.6 is 11.6 Å². The normalized spacial score (nSPS) is 16.0. The van der Waals surface area contributed by atoms with Crippen LogP contribution in [0.5, 0.6) is 11.5 Å². The molecule has 0 saturated heterocycles. The van der Waals surface area contributed by atoms with Crippen LogP contribution in [0.4, 0.5) is 0 Å². The van der Waals surface area contributed by atoms with Crippen LogP contribution in [0.15, 0.2) is 42.5 Å². The molecule has 4 rings (SSSR count). The van der Waals surface area contributed by atoms with Crippen molar-refractivity contribution in [1.82, 2.24) is 9.78 Å². The predicted molar refractivity (Wildman–Crippen MR) is 108 cm³/mol. The van der Waals surface area contributed by atoms with Gasteiger partial charge in [0.1, 0.15) is 11.5 Å². The molecule has 1 unspecified atom stereocenters. The van der Waals surface area contributed by atoms with E-state index in [4.69, 9.17) is 21.1 Å². The molecule has 28 heavy (non-hydrogen) atoms. The summed E-state index contributed by atoms with van der Waals surface area (Å²) < 4.78 is 12.7. The molecule has 1 heterocycles. The molecule has 0 bridgehead atoms. The first-order valence-corrected chi connectivity index (χ1v) is 9.49. The van der Waals surface area contributed by atoms with Gasteiger partial charge in [0.05, 0.1) is 36.9 Å². The Labute approximate surface area is 168 Å². The van der Waals surface area contributed by atoms with Gasteiger partial charge in [-0.2, -0.15) is 5.10 Å². The lowest BCUT2D eigenvalue weighted by atomic mass is 9.81. The minimum absolute atomic E-state index is 0.0167. The standard InChI is InChI=1S/C22H21ClN2O3/c1-13-22-19(25(24-13)16-6-4-15(23)5-7-16)10-14(11-20(22)26)18-9-8-17(27-2)12-21(18)28-3/h4-9,12,14H,10-11H2,1-3H3. The van der Waals surface area contributed by atoms with Crippen LogP contribution in [0.3, 0.4) is 0 Å². The molecule has 0 spiro atoms. The summed E-state index contributed by atoms with van der Waals surface area (Å²) in [7, 11) is 3.26. The summed E-state index contributed by atoms with van der Waals surface area (Å²) in [6.07, 6.45) is 1.13. The highest BCUT2D eigenvalue weighted by Crippen LogP contribution is 2.40. The Hall–Kier alpha value is -2.79. The van der Waals surface area contributed by atoms with Gasteiger partial charge in [-0.3, -0.25) is 4.79 Å². The zero-order valence-corrected chi connectivity index (χ0v) is 16.8. The van der Waals surface area contributed by atoms with E-state index in [0.29, 0.717) is 17.9 Å². The number of carbonyl (C=O) groups excluding carboxylic acids is 1. The van der Waals surface area contributed by atoms with E-state index >= 15 is 0 Å². The van der Waals surface area contributed by atoms with Gasteiger partial charge in [0.2, 0.25) is 0 Å². The number of ether oxygens (including phenoxy) is 2. The molecule has 0 fully saturated rings. The molecule has 5 nitrogen and oxygen atoms in total. The van der Waals surface area contributed by atoms with E-state index in [2.05, 4.69) is 5.10 Å². The van der Waals surface area contributed by atoms with Gasteiger partial charge in [-0.05, 0) is 49.2 Å².